The van der Waals surface area contributed by atoms with E-state index < -0.39 is 0 Å². The van der Waals surface area contributed by atoms with Crippen LogP contribution in [0.25, 0.3) is 11.5 Å². The van der Waals surface area contributed by atoms with E-state index in [1.807, 2.05) is 5.38 Å². The average molecular weight is 238 g/mol. The molecule has 86 valence electrons. The molecule has 0 fully saturated rings. The molecule has 0 aliphatic carbocycles. The lowest BCUT2D eigenvalue weighted by Gasteiger charge is -2.08. The van der Waals surface area contributed by atoms with E-state index in [-0.39, 0.29) is 6.04 Å². The van der Waals surface area contributed by atoms with Crippen LogP contribution in [0.4, 0.5) is 0 Å². The fraction of sp³-hybridized carbons (Fsp3) is 0.500. The minimum Gasteiger partial charge on any atom is -0.337 e. The summed E-state index contributed by atoms with van der Waals surface area (Å²) in [4.78, 5) is 8.36. The highest BCUT2D eigenvalue weighted by Crippen LogP contribution is 2.20. The average Bonchev–Trinajstić information content (AvgIpc) is 2.87. The van der Waals surface area contributed by atoms with E-state index in [4.69, 9.17) is 10.3 Å². The van der Waals surface area contributed by atoms with Crippen LogP contribution in [0, 0.1) is 5.92 Å². The number of hydrogen-bond acceptors (Lipinski definition) is 6. The molecule has 0 saturated carbocycles. The van der Waals surface area contributed by atoms with Gasteiger partial charge in [0, 0.05) is 5.38 Å². The third kappa shape index (κ3) is 2.45. The Labute approximate surface area is 97.7 Å². The Hall–Kier alpha value is -1.27. The summed E-state index contributed by atoms with van der Waals surface area (Å²) in [5, 5.41) is 5.74. The Kier molecular flexibility index (Phi) is 3.31. The lowest BCUT2D eigenvalue weighted by molar-refractivity contribution is 0.335. The van der Waals surface area contributed by atoms with Crippen molar-refractivity contribution in [3.63, 3.8) is 0 Å². The normalized spacial score (nSPS) is 13.2. The molecule has 0 saturated heterocycles. The van der Waals surface area contributed by atoms with Gasteiger partial charge in [-0.25, -0.2) is 4.98 Å². The van der Waals surface area contributed by atoms with Gasteiger partial charge in [0.2, 0.25) is 11.7 Å². The van der Waals surface area contributed by atoms with Crippen LogP contribution in [0.3, 0.4) is 0 Å². The van der Waals surface area contributed by atoms with E-state index >= 15 is 0 Å². The number of rotatable bonds is 4. The zero-order chi connectivity index (χ0) is 11.5. The molecule has 2 heterocycles. The van der Waals surface area contributed by atoms with E-state index in [0.717, 1.165) is 12.1 Å². The van der Waals surface area contributed by atoms with Gasteiger partial charge < -0.3 is 10.3 Å². The highest BCUT2D eigenvalue weighted by atomic mass is 32.1. The number of hydrogen-bond donors (Lipinski definition) is 1. The lowest BCUT2D eigenvalue weighted by atomic mass is 10.0. The topological polar surface area (TPSA) is 77.8 Å². The maximum Gasteiger partial charge on any atom is 0.243 e. The van der Waals surface area contributed by atoms with Gasteiger partial charge in [0.25, 0.3) is 0 Å². The van der Waals surface area contributed by atoms with Gasteiger partial charge in [-0.3, -0.25) is 0 Å². The summed E-state index contributed by atoms with van der Waals surface area (Å²) in [7, 11) is 0. The fourth-order valence-corrected chi connectivity index (χ4v) is 1.95. The smallest absolute Gasteiger partial charge is 0.243 e. The summed E-state index contributed by atoms with van der Waals surface area (Å²) >= 11 is 1.50. The summed E-state index contributed by atoms with van der Waals surface area (Å²) in [6, 6.07) is -0.195. The first-order chi connectivity index (χ1) is 7.66. The van der Waals surface area contributed by atoms with Crippen LogP contribution in [0.1, 0.15) is 32.2 Å². The largest absolute Gasteiger partial charge is 0.337 e. The van der Waals surface area contributed by atoms with E-state index in [2.05, 4.69) is 29.0 Å². The van der Waals surface area contributed by atoms with E-state index in [9.17, 15) is 0 Å². The first-order valence-corrected chi connectivity index (χ1v) is 6.09. The van der Waals surface area contributed by atoms with E-state index in [0.29, 0.717) is 17.6 Å². The molecule has 0 spiro atoms. The summed E-state index contributed by atoms with van der Waals surface area (Å²) in [5.74, 6) is 1.50. The quantitative estimate of drug-likeness (QED) is 0.883. The zero-order valence-electron chi connectivity index (χ0n) is 9.25. The maximum absolute atomic E-state index is 5.95. The van der Waals surface area contributed by atoms with Crippen molar-refractivity contribution in [2.24, 2.45) is 11.7 Å². The molecule has 0 aromatic carbocycles. The van der Waals surface area contributed by atoms with Crippen LogP contribution in [0.5, 0.6) is 0 Å². The Bertz CT molecular complexity index is 437. The van der Waals surface area contributed by atoms with Gasteiger partial charge in [-0.1, -0.05) is 19.0 Å². The Morgan fingerprint density at radius 1 is 1.50 bits per heavy atom. The molecule has 0 aliphatic rings. The molecule has 0 unspecified atom stereocenters. The zero-order valence-corrected chi connectivity index (χ0v) is 10.1. The first kappa shape index (κ1) is 11.2. The Morgan fingerprint density at radius 3 is 2.94 bits per heavy atom. The fourth-order valence-electron chi connectivity index (χ4n) is 1.42. The molecular weight excluding hydrogens is 224 g/mol. The van der Waals surface area contributed by atoms with Gasteiger partial charge >= 0.3 is 0 Å². The second-order valence-electron chi connectivity index (χ2n) is 4.07. The second-order valence-corrected chi connectivity index (χ2v) is 4.78. The van der Waals surface area contributed by atoms with Gasteiger partial charge in [-0.05, 0) is 12.3 Å². The van der Waals surface area contributed by atoms with Crippen molar-refractivity contribution in [3.05, 3.63) is 16.8 Å². The van der Waals surface area contributed by atoms with Crippen LogP contribution in [-0.2, 0) is 0 Å². The van der Waals surface area contributed by atoms with Crippen LogP contribution in [0.2, 0.25) is 0 Å². The third-order valence-electron chi connectivity index (χ3n) is 2.15. The minimum atomic E-state index is -0.195. The number of nitrogens with two attached hydrogens (primary N) is 1. The molecule has 16 heavy (non-hydrogen) atoms. The molecule has 2 rings (SSSR count). The second kappa shape index (κ2) is 4.71. The molecule has 1 atom stereocenters. The number of thiazole rings is 1. The van der Waals surface area contributed by atoms with Crippen molar-refractivity contribution < 1.29 is 4.52 Å². The monoisotopic (exact) mass is 238 g/mol. The van der Waals surface area contributed by atoms with Gasteiger partial charge in [-0.2, -0.15) is 4.98 Å². The third-order valence-corrected chi connectivity index (χ3v) is 2.73. The Balaban J connectivity index is 2.13. The molecule has 2 aromatic heterocycles. The van der Waals surface area contributed by atoms with Crippen molar-refractivity contribution in [1.29, 1.82) is 0 Å². The lowest BCUT2D eigenvalue weighted by Crippen LogP contribution is -2.13. The molecular formula is C10H14N4OS. The number of nitrogens with zero attached hydrogens (tertiary/aromatic N) is 3. The van der Waals surface area contributed by atoms with Crippen molar-refractivity contribution in [3.8, 4) is 11.5 Å². The standard InChI is InChI=1S/C10H14N4OS/c1-6(2)3-7(11)10-13-9(14-15-10)8-4-16-5-12-8/h4-7H,3,11H2,1-2H3/t7-/m1/s1. The van der Waals surface area contributed by atoms with Crippen molar-refractivity contribution >= 4 is 11.3 Å². The molecule has 0 amide bonds. The van der Waals surface area contributed by atoms with E-state index in [1.54, 1.807) is 5.51 Å². The summed E-state index contributed by atoms with van der Waals surface area (Å²) in [6.07, 6.45) is 0.832. The highest BCUT2D eigenvalue weighted by Gasteiger charge is 2.17. The summed E-state index contributed by atoms with van der Waals surface area (Å²) < 4.78 is 5.13. The molecule has 5 nitrogen and oxygen atoms in total. The van der Waals surface area contributed by atoms with Crippen LogP contribution in [-0.4, -0.2) is 15.1 Å². The van der Waals surface area contributed by atoms with Crippen molar-refractivity contribution in [2.75, 3.05) is 0 Å². The van der Waals surface area contributed by atoms with Crippen molar-refractivity contribution in [2.45, 2.75) is 26.3 Å². The molecule has 2 aromatic rings. The minimum absolute atomic E-state index is 0.195. The Morgan fingerprint density at radius 2 is 2.31 bits per heavy atom. The van der Waals surface area contributed by atoms with Crippen molar-refractivity contribution in [1.82, 2.24) is 15.1 Å². The van der Waals surface area contributed by atoms with Crippen LogP contribution in [0.15, 0.2) is 15.4 Å². The predicted octanol–water partition coefficient (Wildman–Crippen LogP) is 2.24. The molecule has 0 aliphatic heterocycles. The molecule has 0 radical (unpaired) electrons. The van der Waals surface area contributed by atoms with Gasteiger partial charge in [0.05, 0.1) is 11.6 Å². The SMILES string of the molecule is CC(C)C[C@@H](N)c1nc(-c2cscn2)no1. The summed E-state index contributed by atoms with van der Waals surface area (Å²) in [5.41, 5.74) is 8.42. The van der Waals surface area contributed by atoms with Gasteiger partial charge in [0.1, 0.15) is 5.69 Å². The van der Waals surface area contributed by atoms with Gasteiger partial charge in [0.15, 0.2) is 0 Å². The van der Waals surface area contributed by atoms with Crippen LogP contribution >= 0.6 is 11.3 Å². The van der Waals surface area contributed by atoms with Crippen LogP contribution < -0.4 is 5.73 Å². The first-order valence-electron chi connectivity index (χ1n) is 5.14. The predicted molar refractivity (Wildman–Crippen MR) is 61.8 cm³/mol. The maximum atomic E-state index is 5.95. The molecule has 2 N–H and O–H groups in total. The summed E-state index contributed by atoms with van der Waals surface area (Å²) in [6.45, 7) is 4.22. The van der Waals surface area contributed by atoms with E-state index in [1.165, 1.54) is 11.3 Å². The molecule has 0 bridgehead atoms. The number of aromatic nitrogens is 3. The highest BCUT2D eigenvalue weighted by molar-refractivity contribution is 7.07. The molecule has 6 heteroatoms. The van der Waals surface area contributed by atoms with Gasteiger partial charge in [-0.15, -0.1) is 11.3 Å².